The summed E-state index contributed by atoms with van der Waals surface area (Å²) in [5, 5.41) is 30.7. The Morgan fingerprint density at radius 3 is 2.24 bits per heavy atom. The first-order chi connectivity index (χ1) is 9.85. The molecule has 0 aliphatic carbocycles. The van der Waals surface area contributed by atoms with Gasteiger partial charge >= 0.3 is 0 Å². The molecule has 5 N–H and O–H groups in total. The summed E-state index contributed by atoms with van der Waals surface area (Å²) >= 11 is 0. The predicted octanol–water partition coefficient (Wildman–Crippen LogP) is 1.09. The molecule has 114 valence electrons. The Hall–Kier alpha value is -2.44. The Bertz CT molecular complexity index is 557. The van der Waals surface area contributed by atoms with Gasteiger partial charge in [0.1, 0.15) is 17.3 Å². The summed E-state index contributed by atoms with van der Waals surface area (Å²) in [6.45, 7) is 2.81. The van der Waals surface area contributed by atoms with Crippen LogP contribution in [0.5, 0.6) is 11.5 Å². The summed E-state index contributed by atoms with van der Waals surface area (Å²) in [6.07, 6.45) is 1.17. The Kier molecular flexibility index (Phi) is 3.93. The molecule has 0 saturated carbocycles. The van der Waals surface area contributed by atoms with E-state index in [4.69, 9.17) is 10.9 Å². The van der Waals surface area contributed by atoms with Crippen LogP contribution in [0.1, 0.15) is 30.1 Å². The van der Waals surface area contributed by atoms with Gasteiger partial charge in [-0.3, -0.25) is 4.79 Å². The van der Waals surface area contributed by atoms with Crippen molar-refractivity contribution in [3.05, 3.63) is 23.8 Å². The second kappa shape index (κ2) is 5.51. The molecule has 0 atom stereocenters. The van der Waals surface area contributed by atoms with Crippen molar-refractivity contribution in [2.45, 2.75) is 19.8 Å². The van der Waals surface area contributed by atoms with Gasteiger partial charge in [0.15, 0.2) is 0 Å². The minimum atomic E-state index is -0.424. The minimum Gasteiger partial charge on any atom is -0.508 e. The fourth-order valence-corrected chi connectivity index (χ4v) is 2.48. The topological polar surface area (TPSA) is 119 Å². The number of likely N-dealkylation sites (tertiary alicyclic amines) is 1. The third-order valence-electron chi connectivity index (χ3n) is 4.03. The minimum absolute atomic E-state index is 0.156. The Balaban J connectivity index is 2.10. The number of phenols is 2. The maximum absolute atomic E-state index is 12.3. The van der Waals surface area contributed by atoms with Crippen LogP contribution in [0, 0.1) is 5.41 Å². The van der Waals surface area contributed by atoms with E-state index in [0.29, 0.717) is 25.9 Å². The van der Waals surface area contributed by atoms with Crippen molar-refractivity contribution in [1.29, 1.82) is 0 Å². The van der Waals surface area contributed by atoms with Crippen LogP contribution in [-0.2, 0) is 0 Å². The number of hydrogen-bond acceptors (Lipinski definition) is 5. The highest BCUT2D eigenvalue weighted by Gasteiger charge is 2.35. The molecule has 0 spiro atoms. The number of carbonyl (C=O) groups is 1. The molecular weight excluding hydrogens is 274 g/mol. The number of nitrogens with two attached hydrogens (primary N) is 1. The van der Waals surface area contributed by atoms with Gasteiger partial charge in [0, 0.05) is 30.1 Å². The van der Waals surface area contributed by atoms with Crippen molar-refractivity contribution >= 4 is 11.7 Å². The Morgan fingerprint density at radius 1 is 1.24 bits per heavy atom. The third kappa shape index (κ3) is 3.01. The molecule has 1 heterocycles. The van der Waals surface area contributed by atoms with E-state index in [-0.39, 0.29) is 28.8 Å². The quantitative estimate of drug-likeness (QED) is 0.281. The fraction of sp³-hybridized carbons (Fsp3) is 0.429. The van der Waals surface area contributed by atoms with Crippen molar-refractivity contribution in [2.24, 2.45) is 16.3 Å². The van der Waals surface area contributed by atoms with Gasteiger partial charge in [0.2, 0.25) is 0 Å². The summed E-state index contributed by atoms with van der Waals surface area (Å²) in [6, 6.07) is 3.81. The van der Waals surface area contributed by atoms with E-state index in [2.05, 4.69) is 5.16 Å². The monoisotopic (exact) mass is 293 g/mol. The van der Waals surface area contributed by atoms with Crippen LogP contribution in [0.25, 0.3) is 0 Å². The van der Waals surface area contributed by atoms with Crippen molar-refractivity contribution < 1.29 is 20.2 Å². The van der Waals surface area contributed by atoms with E-state index >= 15 is 0 Å². The van der Waals surface area contributed by atoms with Gasteiger partial charge in [0.25, 0.3) is 5.91 Å². The molecule has 0 radical (unpaired) electrons. The van der Waals surface area contributed by atoms with Crippen molar-refractivity contribution in [3.8, 4) is 11.5 Å². The summed E-state index contributed by atoms with van der Waals surface area (Å²) in [5.41, 5.74) is 5.50. The van der Waals surface area contributed by atoms with Crippen LogP contribution < -0.4 is 5.73 Å². The smallest absolute Gasteiger partial charge is 0.254 e. The number of phenolic OH excluding ortho intramolecular Hbond substituents is 2. The van der Waals surface area contributed by atoms with Crippen molar-refractivity contribution in [1.82, 2.24) is 4.90 Å². The highest BCUT2D eigenvalue weighted by Crippen LogP contribution is 2.32. The number of benzene rings is 1. The zero-order valence-corrected chi connectivity index (χ0v) is 11.8. The third-order valence-corrected chi connectivity index (χ3v) is 4.03. The zero-order chi connectivity index (χ0) is 15.6. The van der Waals surface area contributed by atoms with Gasteiger partial charge in [-0.15, -0.1) is 0 Å². The fourth-order valence-electron chi connectivity index (χ4n) is 2.48. The first kappa shape index (κ1) is 15.0. The summed E-state index contributed by atoms with van der Waals surface area (Å²) in [5.74, 6) is -0.402. The van der Waals surface area contributed by atoms with Crippen molar-refractivity contribution in [2.75, 3.05) is 13.1 Å². The van der Waals surface area contributed by atoms with Crippen LogP contribution in [0.15, 0.2) is 23.4 Å². The summed E-state index contributed by atoms with van der Waals surface area (Å²) in [4.78, 5) is 14.0. The molecule has 1 saturated heterocycles. The average molecular weight is 293 g/mol. The molecule has 0 aromatic heterocycles. The molecule has 0 bridgehead atoms. The van der Waals surface area contributed by atoms with E-state index in [1.165, 1.54) is 18.2 Å². The van der Waals surface area contributed by atoms with Gasteiger partial charge in [-0.25, -0.2) is 0 Å². The lowest BCUT2D eigenvalue weighted by Gasteiger charge is -2.38. The molecular formula is C14H19N3O4. The number of carbonyl (C=O) groups excluding carboxylic acids is 1. The van der Waals surface area contributed by atoms with Gasteiger partial charge in [0.05, 0.1) is 0 Å². The number of hydrogen-bond donors (Lipinski definition) is 4. The van der Waals surface area contributed by atoms with Gasteiger partial charge < -0.3 is 26.1 Å². The van der Waals surface area contributed by atoms with Crippen LogP contribution in [0.3, 0.4) is 0 Å². The first-order valence-electron chi connectivity index (χ1n) is 6.66. The van der Waals surface area contributed by atoms with E-state index < -0.39 is 5.41 Å². The molecule has 21 heavy (non-hydrogen) atoms. The highest BCUT2D eigenvalue weighted by molar-refractivity contribution is 5.95. The second-order valence-corrected chi connectivity index (χ2v) is 5.58. The summed E-state index contributed by atoms with van der Waals surface area (Å²) in [7, 11) is 0. The number of piperidine rings is 1. The van der Waals surface area contributed by atoms with Gasteiger partial charge in [-0.05, 0) is 25.0 Å². The van der Waals surface area contributed by atoms with Crippen LogP contribution in [0.4, 0.5) is 0 Å². The normalized spacial score (nSPS) is 18.5. The number of amides is 1. The molecule has 1 aliphatic rings. The van der Waals surface area contributed by atoms with E-state index in [0.717, 1.165) is 0 Å². The lowest BCUT2D eigenvalue weighted by molar-refractivity contribution is 0.0665. The molecule has 7 nitrogen and oxygen atoms in total. The molecule has 1 aromatic carbocycles. The molecule has 2 rings (SSSR count). The maximum atomic E-state index is 12.3. The highest BCUT2D eigenvalue weighted by atomic mass is 16.4. The number of amidine groups is 1. The first-order valence-corrected chi connectivity index (χ1v) is 6.66. The van der Waals surface area contributed by atoms with Crippen LogP contribution in [0.2, 0.25) is 0 Å². The molecule has 1 fully saturated rings. The second-order valence-electron chi connectivity index (χ2n) is 5.58. The summed E-state index contributed by atoms with van der Waals surface area (Å²) < 4.78 is 0. The zero-order valence-electron chi connectivity index (χ0n) is 11.8. The standard InChI is InChI=1S/C14H19N3O4/c1-14(13(15)16-21)2-4-17(5-3-14)12(20)9-6-10(18)8-11(19)7-9/h6-8,18-19,21H,2-5H2,1H3,(H2,15,16). The SMILES string of the molecule is CC1(/C(N)=N/O)CCN(C(=O)c2cc(O)cc(O)c2)CC1. The predicted molar refractivity (Wildman–Crippen MR) is 76.4 cm³/mol. The molecule has 1 aliphatic heterocycles. The molecule has 0 unspecified atom stereocenters. The molecule has 1 aromatic rings. The van der Waals surface area contributed by atoms with E-state index in [9.17, 15) is 15.0 Å². The van der Waals surface area contributed by atoms with Crippen LogP contribution in [-0.4, -0.2) is 45.2 Å². The van der Waals surface area contributed by atoms with Crippen LogP contribution >= 0.6 is 0 Å². The number of nitrogens with zero attached hydrogens (tertiary/aromatic N) is 2. The van der Waals surface area contributed by atoms with E-state index in [1.54, 1.807) is 4.90 Å². The van der Waals surface area contributed by atoms with Gasteiger partial charge in [-0.1, -0.05) is 12.1 Å². The Morgan fingerprint density at radius 2 is 1.76 bits per heavy atom. The number of rotatable bonds is 2. The lowest BCUT2D eigenvalue weighted by atomic mass is 9.79. The lowest BCUT2D eigenvalue weighted by Crippen LogP contribution is -2.47. The number of oxime groups is 1. The largest absolute Gasteiger partial charge is 0.508 e. The van der Waals surface area contributed by atoms with Gasteiger partial charge in [-0.2, -0.15) is 0 Å². The van der Waals surface area contributed by atoms with E-state index in [1.807, 2.05) is 6.92 Å². The molecule has 7 heteroatoms. The number of aromatic hydroxyl groups is 2. The maximum Gasteiger partial charge on any atom is 0.254 e. The Labute approximate surface area is 122 Å². The van der Waals surface area contributed by atoms with Crippen molar-refractivity contribution in [3.63, 3.8) is 0 Å². The average Bonchev–Trinajstić information content (AvgIpc) is 2.45. The molecule has 1 amide bonds.